The number of thioether (sulfide) groups is 1. The molecule has 1 saturated heterocycles. The first kappa shape index (κ1) is 26.7. The molecule has 1 heterocycles. The summed E-state index contributed by atoms with van der Waals surface area (Å²) in [6, 6.07) is -4.51. The fraction of sp³-hybridized carbons (Fsp3) is 0.722. The number of hydrogen-bond donors (Lipinski definition) is 6. The van der Waals surface area contributed by atoms with E-state index in [0.717, 1.165) is 4.90 Å². The number of nitrogens with one attached hydrogen (secondary N) is 2. The molecular weight excluding hydrogens is 430 g/mol. The first-order valence-corrected chi connectivity index (χ1v) is 11.3. The second-order valence-electron chi connectivity index (χ2n) is 7.23. The second kappa shape index (κ2) is 13.1. The normalized spacial score (nSPS) is 18.7. The van der Waals surface area contributed by atoms with E-state index >= 15 is 0 Å². The Hall–Kier alpha value is -2.38. The molecule has 0 saturated carbocycles. The number of hydrogen-bond acceptors (Lipinski definition) is 8. The Morgan fingerprint density at radius 2 is 1.77 bits per heavy atom. The minimum atomic E-state index is -1.40. The van der Waals surface area contributed by atoms with E-state index in [0.29, 0.717) is 18.6 Å². The third-order valence-corrected chi connectivity index (χ3v) is 5.54. The molecule has 4 amide bonds. The van der Waals surface area contributed by atoms with E-state index in [1.807, 2.05) is 6.26 Å². The number of carboxylic acids is 1. The van der Waals surface area contributed by atoms with Crippen LogP contribution in [-0.4, -0.2) is 94.0 Å². The Labute approximate surface area is 184 Å². The molecule has 4 atom stereocenters. The van der Waals surface area contributed by atoms with E-state index < -0.39 is 60.4 Å². The number of primary amides is 1. The number of carbonyl (C=O) groups excluding carboxylic acids is 4. The van der Waals surface area contributed by atoms with Crippen molar-refractivity contribution in [1.82, 2.24) is 15.5 Å². The van der Waals surface area contributed by atoms with E-state index in [4.69, 9.17) is 11.5 Å². The first-order chi connectivity index (χ1) is 14.6. The number of aliphatic hydroxyl groups excluding tert-OH is 1. The Kier molecular flexibility index (Phi) is 11.3. The number of carbonyl (C=O) groups is 5. The van der Waals surface area contributed by atoms with E-state index in [-0.39, 0.29) is 25.8 Å². The van der Waals surface area contributed by atoms with Crippen LogP contribution in [0.15, 0.2) is 0 Å². The summed E-state index contributed by atoms with van der Waals surface area (Å²) in [7, 11) is 0. The maximum Gasteiger partial charge on any atom is 0.326 e. The smallest absolute Gasteiger partial charge is 0.326 e. The van der Waals surface area contributed by atoms with Crippen LogP contribution in [0.5, 0.6) is 0 Å². The lowest BCUT2D eigenvalue weighted by Gasteiger charge is -2.28. The molecule has 176 valence electrons. The van der Waals surface area contributed by atoms with Crippen LogP contribution in [0.25, 0.3) is 0 Å². The lowest BCUT2D eigenvalue weighted by atomic mass is 10.1. The molecule has 13 heteroatoms. The lowest BCUT2D eigenvalue weighted by Crippen LogP contribution is -2.58. The highest BCUT2D eigenvalue weighted by Gasteiger charge is 2.38. The predicted molar refractivity (Wildman–Crippen MR) is 113 cm³/mol. The van der Waals surface area contributed by atoms with Crippen molar-refractivity contribution in [3.8, 4) is 0 Å². The molecule has 0 aromatic rings. The molecule has 1 aliphatic rings. The summed E-state index contributed by atoms with van der Waals surface area (Å²) in [4.78, 5) is 61.2. The Balaban J connectivity index is 2.86. The zero-order valence-corrected chi connectivity index (χ0v) is 18.2. The van der Waals surface area contributed by atoms with Crippen molar-refractivity contribution in [1.29, 1.82) is 0 Å². The zero-order chi connectivity index (χ0) is 23.6. The van der Waals surface area contributed by atoms with Crippen LogP contribution in [0.4, 0.5) is 0 Å². The molecule has 4 unspecified atom stereocenters. The van der Waals surface area contributed by atoms with E-state index in [1.165, 1.54) is 11.8 Å². The predicted octanol–water partition coefficient (Wildman–Crippen LogP) is -2.63. The molecule has 0 bridgehead atoms. The standard InChI is InChI=1S/C18H31N5O7S/c1-31-8-6-10(19)15(26)21-11(4-5-14(20)25)16(27)22-12(9-24)17(28)23-7-2-3-13(23)18(29)30/h10-13,24H,2-9,19H2,1H3,(H2,20,25)(H,21,26)(H,22,27)(H,29,30). The third kappa shape index (κ3) is 8.34. The van der Waals surface area contributed by atoms with Crippen LogP contribution >= 0.6 is 11.8 Å². The van der Waals surface area contributed by atoms with Crippen molar-refractivity contribution in [2.24, 2.45) is 11.5 Å². The van der Waals surface area contributed by atoms with Crippen LogP contribution < -0.4 is 22.1 Å². The first-order valence-electron chi connectivity index (χ1n) is 9.90. The molecule has 0 aromatic carbocycles. The average Bonchev–Trinajstić information content (AvgIpc) is 3.22. The summed E-state index contributed by atoms with van der Waals surface area (Å²) in [6.45, 7) is -0.578. The Bertz CT molecular complexity index is 678. The second-order valence-corrected chi connectivity index (χ2v) is 8.21. The number of rotatable bonds is 13. The monoisotopic (exact) mass is 461 g/mol. The number of nitrogens with zero attached hydrogens (tertiary/aromatic N) is 1. The van der Waals surface area contributed by atoms with Gasteiger partial charge in [0.2, 0.25) is 23.6 Å². The molecule has 12 nitrogen and oxygen atoms in total. The summed E-state index contributed by atoms with van der Waals surface area (Å²) in [5.74, 6) is -3.37. The van der Waals surface area contributed by atoms with Crippen molar-refractivity contribution in [3.05, 3.63) is 0 Å². The Morgan fingerprint density at radius 3 is 2.32 bits per heavy atom. The fourth-order valence-electron chi connectivity index (χ4n) is 3.16. The van der Waals surface area contributed by atoms with Gasteiger partial charge in [-0.25, -0.2) is 4.79 Å². The molecule has 31 heavy (non-hydrogen) atoms. The highest BCUT2D eigenvalue weighted by atomic mass is 32.2. The van der Waals surface area contributed by atoms with Gasteiger partial charge in [-0.3, -0.25) is 19.2 Å². The highest BCUT2D eigenvalue weighted by Crippen LogP contribution is 2.18. The van der Waals surface area contributed by atoms with Gasteiger partial charge in [-0.2, -0.15) is 11.8 Å². The van der Waals surface area contributed by atoms with Crippen molar-refractivity contribution >= 4 is 41.4 Å². The van der Waals surface area contributed by atoms with Gasteiger partial charge >= 0.3 is 5.97 Å². The largest absolute Gasteiger partial charge is 0.480 e. The summed E-state index contributed by atoms with van der Waals surface area (Å²) in [5.41, 5.74) is 10.9. The maximum atomic E-state index is 12.7. The topological polar surface area (TPSA) is 205 Å². The van der Waals surface area contributed by atoms with Gasteiger partial charge in [0.25, 0.3) is 0 Å². The molecule has 1 aliphatic heterocycles. The maximum absolute atomic E-state index is 12.7. The van der Waals surface area contributed by atoms with Gasteiger partial charge in [-0.05, 0) is 37.7 Å². The van der Waals surface area contributed by atoms with Crippen molar-refractivity contribution < 1.29 is 34.2 Å². The number of aliphatic hydroxyl groups is 1. The summed E-state index contributed by atoms with van der Waals surface area (Å²) in [6.07, 6.45) is 2.66. The van der Waals surface area contributed by atoms with E-state index in [9.17, 15) is 34.2 Å². The number of carboxylic acid groups (broad SMARTS) is 1. The van der Waals surface area contributed by atoms with Gasteiger partial charge < -0.3 is 37.2 Å². The molecule has 0 spiro atoms. The van der Waals surface area contributed by atoms with E-state index in [2.05, 4.69) is 10.6 Å². The number of likely N-dealkylation sites (tertiary alicyclic amines) is 1. The molecule has 0 aliphatic carbocycles. The van der Waals surface area contributed by atoms with Gasteiger partial charge in [-0.1, -0.05) is 0 Å². The zero-order valence-electron chi connectivity index (χ0n) is 17.4. The molecular formula is C18H31N5O7S. The third-order valence-electron chi connectivity index (χ3n) is 4.90. The van der Waals surface area contributed by atoms with Gasteiger partial charge in [0.15, 0.2) is 0 Å². The van der Waals surface area contributed by atoms with Gasteiger partial charge in [0.1, 0.15) is 18.1 Å². The molecule has 0 aromatic heterocycles. The minimum Gasteiger partial charge on any atom is -0.480 e. The molecule has 1 fully saturated rings. The van der Waals surface area contributed by atoms with Crippen LogP contribution in [0.2, 0.25) is 0 Å². The molecule has 8 N–H and O–H groups in total. The summed E-state index contributed by atoms with van der Waals surface area (Å²) in [5, 5.41) is 23.6. The van der Waals surface area contributed by atoms with Crippen LogP contribution in [0, 0.1) is 0 Å². The number of nitrogens with two attached hydrogens (primary N) is 2. The molecule has 1 rings (SSSR count). The number of aliphatic carboxylic acids is 1. The van der Waals surface area contributed by atoms with Crippen molar-refractivity contribution in [2.75, 3.05) is 25.2 Å². The van der Waals surface area contributed by atoms with Gasteiger partial charge in [-0.15, -0.1) is 0 Å². The number of amides is 4. The summed E-state index contributed by atoms with van der Waals surface area (Å²) >= 11 is 1.50. The van der Waals surface area contributed by atoms with Gasteiger partial charge in [0, 0.05) is 13.0 Å². The minimum absolute atomic E-state index is 0.129. The quantitative estimate of drug-likeness (QED) is 0.169. The average molecular weight is 462 g/mol. The summed E-state index contributed by atoms with van der Waals surface area (Å²) < 4.78 is 0. The van der Waals surface area contributed by atoms with Crippen molar-refractivity contribution in [3.63, 3.8) is 0 Å². The fourth-order valence-corrected chi connectivity index (χ4v) is 3.64. The van der Waals surface area contributed by atoms with E-state index in [1.54, 1.807) is 0 Å². The van der Waals surface area contributed by atoms with Crippen LogP contribution in [0.3, 0.4) is 0 Å². The van der Waals surface area contributed by atoms with Gasteiger partial charge in [0.05, 0.1) is 12.6 Å². The molecule has 0 radical (unpaired) electrons. The van der Waals surface area contributed by atoms with Crippen molar-refractivity contribution in [2.45, 2.75) is 56.3 Å². The van der Waals surface area contributed by atoms with Crippen LogP contribution in [-0.2, 0) is 24.0 Å². The Morgan fingerprint density at radius 1 is 1.13 bits per heavy atom. The van der Waals surface area contributed by atoms with Crippen LogP contribution in [0.1, 0.15) is 32.1 Å². The highest BCUT2D eigenvalue weighted by molar-refractivity contribution is 7.98. The lowest BCUT2D eigenvalue weighted by molar-refractivity contribution is -0.150. The SMILES string of the molecule is CSCCC(N)C(=O)NC(CCC(N)=O)C(=O)NC(CO)C(=O)N1CCCC1C(=O)O.